The van der Waals surface area contributed by atoms with Gasteiger partial charge >= 0.3 is 0 Å². The summed E-state index contributed by atoms with van der Waals surface area (Å²) < 4.78 is 4.94. The van der Waals surface area contributed by atoms with Crippen molar-refractivity contribution in [2.75, 3.05) is 17.6 Å². The topological polar surface area (TPSA) is 89.9 Å². The van der Waals surface area contributed by atoms with Gasteiger partial charge in [0.15, 0.2) is 5.82 Å². The molecule has 20 heavy (non-hydrogen) atoms. The average Bonchev–Trinajstić information content (AvgIpc) is 2.87. The lowest BCUT2D eigenvalue weighted by Gasteiger charge is -2.09. The number of aromatic nitrogens is 3. The first-order valence-corrected chi connectivity index (χ1v) is 6.40. The number of fused-ring (bicyclic) bond motifs is 1. The number of nitrogens with two attached hydrogens (primary N) is 1. The molecule has 0 aliphatic rings. The fraction of sp³-hybridized carbons (Fsp3) is 0.214. The summed E-state index contributed by atoms with van der Waals surface area (Å²) in [6.07, 6.45) is 2.45. The highest BCUT2D eigenvalue weighted by Crippen LogP contribution is 2.26. The molecule has 0 radical (unpaired) electrons. The van der Waals surface area contributed by atoms with Gasteiger partial charge in [-0.2, -0.15) is 4.98 Å². The Hall–Kier alpha value is -2.63. The van der Waals surface area contributed by atoms with Gasteiger partial charge in [-0.15, -0.1) is 0 Å². The van der Waals surface area contributed by atoms with Crippen LogP contribution in [0, 0.1) is 6.92 Å². The minimum atomic E-state index is 0.583. The Morgan fingerprint density at radius 1 is 1.30 bits per heavy atom. The molecule has 0 atom stereocenters. The first-order chi connectivity index (χ1) is 9.74. The highest BCUT2D eigenvalue weighted by Gasteiger charge is 2.06. The third-order valence-corrected chi connectivity index (χ3v) is 3.04. The van der Waals surface area contributed by atoms with E-state index in [1.54, 1.807) is 13.1 Å². The maximum Gasteiger partial charge on any atom is 0.223 e. The minimum Gasteiger partial charge on any atom is -0.398 e. The Bertz CT molecular complexity index is 737. The molecule has 0 saturated heterocycles. The summed E-state index contributed by atoms with van der Waals surface area (Å²) in [5.41, 5.74) is 8.50. The fourth-order valence-electron chi connectivity index (χ4n) is 2.09. The number of anilines is 2. The SMILES string of the molecule is Cc1nc(CCNc2ccc(N)c3cccnc23)no1. The van der Waals surface area contributed by atoms with Gasteiger partial charge in [-0.05, 0) is 24.3 Å². The number of nitrogens with one attached hydrogen (secondary N) is 1. The van der Waals surface area contributed by atoms with E-state index in [-0.39, 0.29) is 0 Å². The van der Waals surface area contributed by atoms with Crippen LogP contribution < -0.4 is 11.1 Å². The lowest BCUT2D eigenvalue weighted by atomic mass is 10.1. The molecule has 1 aromatic carbocycles. The predicted octanol–water partition coefficient (Wildman–Crippen LogP) is 2.16. The van der Waals surface area contributed by atoms with Crippen LogP contribution in [0.5, 0.6) is 0 Å². The molecule has 0 saturated carbocycles. The van der Waals surface area contributed by atoms with Gasteiger partial charge in [-0.25, -0.2) is 0 Å². The van der Waals surface area contributed by atoms with Crippen molar-refractivity contribution in [3.05, 3.63) is 42.2 Å². The molecule has 6 nitrogen and oxygen atoms in total. The lowest BCUT2D eigenvalue weighted by molar-refractivity contribution is 0.387. The number of nitrogens with zero attached hydrogens (tertiary/aromatic N) is 3. The van der Waals surface area contributed by atoms with Crippen LogP contribution in [0.3, 0.4) is 0 Å². The second kappa shape index (κ2) is 5.16. The molecular formula is C14H15N5O. The molecule has 3 aromatic rings. The quantitative estimate of drug-likeness (QED) is 0.705. The zero-order chi connectivity index (χ0) is 13.9. The smallest absolute Gasteiger partial charge is 0.223 e. The van der Waals surface area contributed by atoms with Crippen LogP contribution >= 0.6 is 0 Å². The maximum atomic E-state index is 5.95. The van der Waals surface area contributed by atoms with Crippen LogP contribution in [0.2, 0.25) is 0 Å². The molecule has 6 heteroatoms. The largest absolute Gasteiger partial charge is 0.398 e. The Labute approximate surface area is 116 Å². The van der Waals surface area contributed by atoms with Crippen molar-refractivity contribution in [1.82, 2.24) is 15.1 Å². The van der Waals surface area contributed by atoms with Gasteiger partial charge in [0.2, 0.25) is 5.89 Å². The van der Waals surface area contributed by atoms with Gasteiger partial charge in [0.05, 0.1) is 11.2 Å². The van der Waals surface area contributed by atoms with Crippen molar-refractivity contribution in [1.29, 1.82) is 0 Å². The highest BCUT2D eigenvalue weighted by molar-refractivity contribution is 5.98. The summed E-state index contributed by atoms with van der Waals surface area (Å²) >= 11 is 0. The molecule has 0 fully saturated rings. The molecule has 2 aromatic heterocycles. The van der Waals surface area contributed by atoms with Crippen molar-refractivity contribution in [2.24, 2.45) is 0 Å². The van der Waals surface area contributed by atoms with E-state index in [1.165, 1.54) is 0 Å². The molecule has 3 N–H and O–H groups in total. The van der Waals surface area contributed by atoms with E-state index >= 15 is 0 Å². The summed E-state index contributed by atoms with van der Waals surface area (Å²) in [5.74, 6) is 1.28. The van der Waals surface area contributed by atoms with Crippen molar-refractivity contribution >= 4 is 22.3 Å². The number of hydrogen-bond donors (Lipinski definition) is 2. The van der Waals surface area contributed by atoms with Gasteiger partial charge < -0.3 is 15.6 Å². The molecule has 0 bridgehead atoms. The number of benzene rings is 1. The van der Waals surface area contributed by atoms with Crippen molar-refractivity contribution in [3.8, 4) is 0 Å². The van der Waals surface area contributed by atoms with E-state index in [4.69, 9.17) is 10.3 Å². The summed E-state index contributed by atoms with van der Waals surface area (Å²) in [4.78, 5) is 8.54. The van der Waals surface area contributed by atoms with E-state index in [9.17, 15) is 0 Å². The monoisotopic (exact) mass is 269 g/mol. The fourth-order valence-corrected chi connectivity index (χ4v) is 2.09. The van der Waals surface area contributed by atoms with Gasteiger partial charge in [0, 0.05) is 37.2 Å². The normalized spacial score (nSPS) is 10.8. The number of rotatable bonds is 4. The molecule has 0 amide bonds. The highest BCUT2D eigenvalue weighted by atomic mass is 16.5. The van der Waals surface area contributed by atoms with E-state index in [0.717, 1.165) is 22.3 Å². The third-order valence-electron chi connectivity index (χ3n) is 3.04. The van der Waals surface area contributed by atoms with Crippen molar-refractivity contribution in [3.63, 3.8) is 0 Å². The molecule has 3 rings (SSSR count). The van der Waals surface area contributed by atoms with E-state index in [1.807, 2.05) is 24.3 Å². The molecule has 102 valence electrons. The molecule has 0 aliphatic heterocycles. The zero-order valence-corrected chi connectivity index (χ0v) is 11.1. The van der Waals surface area contributed by atoms with Crippen molar-refractivity contribution < 1.29 is 4.52 Å². The molecular weight excluding hydrogens is 254 g/mol. The van der Waals surface area contributed by atoms with Crippen LogP contribution in [0.4, 0.5) is 11.4 Å². The van der Waals surface area contributed by atoms with E-state index in [2.05, 4.69) is 20.4 Å². The molecule has 0 spiro atoms. The maximum absolute atomic E-state index is 5.95. The van der Waals surface area contributed by atoms with Gasteiger partial charge in [0.1, 0.15) is 0 Å². The Morgan fingerprint density at radius 2 is 2.20 bits per heavy atom. The lowest BCUT2D eigenvalue weighted by Crippen LogP contribution is -2.07. The second-order valence-electron chi connectivity index (χ2n) is 4.51. The zero-order valence-electron chi connectivity index (χ0n) is 11.1. The first kappa shape index (κ1) is 12.4. The molecule has 2 heterocycles. The first-order valence-electron chi connectivity index (χ1n) is 6.40. The average molecular weight is 269 g/mol. The number of pyridine rings is 1. The summed E-state index contributed by atoms with van der Waals surface area (Å²) in [6, 6.07) is 7.66. The molecule has 0 aliphatic carbocycles. The Balaban J connectivity index is 1.76. The van der Waals surface area contributed by atoms with Crippen molar-refractivity contribution in [2.45, 2.75) is 13.3 Å². The van der Waals surface area contributed by atoms with E-state index in [0.29, 0.717) is 24.7 Å². The molecule has 0 unspecified atom stereocenters. The van der Waals surface area contributed by atoms with Gasteiger partial charge in [-0.1, -0.05) is 5.16 Å². The Kier molecular flexibility index (Phi) is 3.20. The van der Waals surface area contributed by atoms with Gasteiger partial charge in [0.25, 0.3) is 0 Å². The van der Waals surface area contributed by atoms with Gasteiger partial charge in [-0.3, -0.25) is 4.98 Å². The van der Waals surface area contributed by atoms with Crippen LogP contribution in [0.15, 0.2) is 35.0 Å². The summed E-state index contributed by atoms with van der Waals surface area (Å²) in [6.45, 7) is 2.48. The minimum absolute atomic E-state index is 0.583. The Morgan fingerprint density at radius 3 is 3.00 bits per heavy atom. The summed E-state index contributed by atoms with van der Waals surface area (Å²) in [5, 5.41) is 8.15. The third kappa shape index (κ3) is 2.40. The second-order valence-corrected chi connectivity index (χ2v) is 4.51. The standard InChI is InChI=1S/C14H15N5O/c1-9-18-13(19-20-9)6-8-16-12-5-4-11(15)10-3-2-7-17-14(10)12/h2-5,7,16H,6,8,15H2,1H3. The van der Waals surface area contributed by atoms with E-state index < -0.39 is 0 Å². The number of aryl methyl sites for hydroxylation is 1. The summed E-state index contributed by atoms with van der Waals surface area (Å²) in [7, 11) is 0. The van der Waals surface area contributed by atoms with Crippen LogP contribution in [-0.2, 0) is 6.42 Å². The van der Waals surface area contributed by atoms with Crippen LogP contribution in [0.1, 0.15) is 11.7 Å². The predicted molar refractivity (Wildman–Crippen MR) is 77.4 cm³/mol. The van der Waals surface area contributed by atoms with Crippen LogP contribution in [-0.4, -0.2) is 21.7 Å². The van der Waals surface area contributed by atoms with Crippen LogP contribution in [0.25, 0.3) is 10.9 Å². The number of hydrogen-bond acceptors (Lipinski definition) is 6. The number of nitrogen functional groups attached to an aromatic ring is 1.